The number of benzene rings is 2. The first kappa shape index (κ1) is 17.8. The lowest BCUT2D eigenvalue weighted by atomic mass is 10.3. The van der Waals surface area contributed by atoms with Gasteiger partial charge in [0.1, 0.15) is 11.5 Å². The van der Waals surface area contributed by atoms with E-state index >= 15 is 0 Å². The van der Waals surface area contributed by atoms with Crippen molar-refractivity contribution < 1.29 is 19.2 Å². The van der Waals surface area contributed by atoms with Crippen LogP contribution < -0.4 is 14.8 Å². The van der Waals surface area contributed by atoms with Gasteiger partial charge >= 0.3 is 0 Å². The number of ether oxygens (including phenoxy) is 2. The van der Waals surface area contributed by atoms with Gasteiger partial charge in [-0.3, -0.25) is 14.9 Å². The van der Waals surface area contributed by atoms with E-state index in [4.69, 9.17) is 32.7 Å². The molecule has 126 valence electrons. The molecule has 0 spiro atoms. The van der Waals surface area contributed by atoms with Crippen LogP contribution in [0.4, 0.5) is 11.4 Å². The fourth-order valence-electron chi connectivity index (χ4n) is 1.80. The van der Waals surface area contributed by atoms with Crippen LogP contribution in [0.25, 0.3) is 0 Å². The molecule has 2 aromatic rings. The second-order valence-electron chi connectivity index (χ2n) is 4.56. The van der Waals surface area contributed by atoms with Gasteiger partial charge in [0.25, 0.3) is 11.6 Å². The number of hydrogen-bond acceptors (Lipinski definition) is 5. The SMILES string of the molecule is COc1ccc(NC(=O)COc2ccc([N+](=O)[O-])cc2Cl)cc1Cl. The van der Waals surface area contributed by atoms with Gasteiger partial charge in [0.05, 0.1) is 22.1 Å². The molecule has 2 rings (SSSR count). The van der Waals surface area contributed by atoms with Crippen molar-refractivity contribution >= 4 is 40.5 Å². The maximum Gasteiger partial charge on any atom is 0.271 e. The van der Waals surface area contributed by atoms with Gasteiger partial charge in [-0.15, -0.1) is 0 Å². The third kappa shape index (κ3) is 4.50. The van der Waals surface area contributed by atoms with E-state index in [0.717, 1.165) is 6.07 Å². The van der Waals surface area contributed by atoms with Gasteiger partial charge in [-0.1, -0.05) is 23.2 Å². The van der Waals surface area contributed by atoms with Gasteiger partial charge in [0, 0.05) is 17.8 Å². The number of non-ortho nitro benzene ring substituents is 1. The van der Waals surface area contributed by atoms with E-state index in [2.05, 4.69) is 5.32 Å². The zero-order valence-corrected chi connectivity index (χ0v) is 13.9. The molecule has 9 heteroatoms. The van der Waals surface area contributed by atoms with E-state index in [9.17, 15) is 14.9 Å². The van der Waals surface area contributed by atoms with Gasteiger partial charge < -0.3 is 14.8 Å². The highest BCUT2D eigenvalue weighted by molar-refractivity contribution is 6.32. The molecular weight excluding hydrogens is 359 g/mol. The number of nitrogens with one attached hydrogen (secondary N) is 1. The Bertz CT molecular complexity index is 782. The van der Waals surface area contributed by atoms with E-state index in [1.165, 1.54) is 25.3 Å². The van der Waals surface area contributed by atoms with E-state index in [-0.39, 0.29) is 23.1 Å². The summed E-state index contributed by atoms with van der Waals surface area (Å²) in [5.41, 5.74) is 0.314. The normalized spacial score (nSPS) is 10.1. The second kappa shape index (κ2) is 7.85. The van der Waals surface area contributed by atoms with Gasteiger partial charge in [-0.05, 0) is 24.3 Å². The third-order valence-corrected chi connectivity index (χ3v) is 3.51. The van der Waals surface area contributed by atoms with Gasteiger partial charge in [0.15, 0.2) is 6.61 Å². The van der Waals surface area contributed by atoms with E-state index in [1.807, 2.05) is 0 Å². The molecule has 2 aromatic carbocycles. The van der Waals surface area contributed by atoms with Gasteiger partial charge in [-0.2, -0.15) is 0 Å². The molecule has 0 fully saturated rings. The Morgan fingerprint density at radius 1 is 1.17 bits per heavy atom. The van der Waals surface area contributed by atoms with E-state index in [0.29, 0.717) is 16.5 Å². The summed E-state index contributed by atoms with van der Waals surface area (Å²) in [7, 11) is 1.49. The van der Waals surface area contributed by atoms with E-state index in [1.54, 1.807) is 12.1 Å². The van der Waals surface area contributed by atoms with Crippen molar-refractivity contribution in [2.75, 3.05) is 19.0 Å². The highest BCUT2D eigenvalue weighted by Gasteiger charge is 2.12. The molecule has 0 bridgehead atoms. The van der Waals surface area contributed by atoms with Crippen molar-refractivity contribution in [3.63, 3.8) is 0 Å². The van der Waals surface area contributed by atoms with Crippen LogP contribution in [0.1, 0.15) is 0 Å². The Labute approximate surface area is 147 Å². The predicted octanol–water partition coefficient (Wildman–Crippen LogP) is 3.93. The number of rotatable bonds is 6. The number of halogens is 2. The summed E-state index contributed by atoms with van der Waals surface area (Å²) in [5.74, 6) is 0.222. The summed E-state index contributed by atoms with van der Waals surface area (Å²) in [5, 5.41) is 13.6. The monoisotopic (exact) mass is 370 g/mol. The number of anilines is 1. The summed E-state index contributed by atoms with van der Waals surface area (Å²) in [6.45, 7) is -0.318. The number of nitrogens with zero attached hydrogens (tertiary/aromatic N) is 1. The van der Waals surface area contributed by atoms with Gasteiger partial charge in [-0.25, -0.2) is 0 Å². The Morgan fingerprint density at radius 2 is 1.83 bits per heavy atom. The molecule has 0 saturated carbocycles. The first-order chi connectivity index (χ1) is 11.4. The number of methoxy groups -OCH3 is 1. The molecule has 0 radical (unpaired) electrons. The Kier molecular flexibility index (Phi) is 5.83. The Balaban J connectivity index is 1.96. The van der Waals surface area contributed by atoms with Crippen molar-refractivity contribution in [3.05, 3.63) is 56.6 Å². The van der Waals surface area contributed by atoms with Crippen LogP contribution in [0.15, 0.2) is 36.4 Å². The Hall–Kier alpha value is -2.51. The highest BCUT2D eigenvalue weighted by atomic mass is 35.5. The number of nitro groups is 1. The lowest BCUT2D eigenvalue weighted by molar-refractivity contribution is -0.384. The van der Waals surface area contributed by atoms with Gasteiger partial charge in [0.2, 0.25) is 0 Å². The fourth-order valence-corrected chi connectivity index (χ4v) is 2.29. The zero-order valence-electron chi connectivity index (χ0n) is 12.4. The largest absolute Gasteiger partial charge is 0.495 e. The van der Waals surface area contributed by atoms with E-state index < -0.39 is 10.8 Å². The fraction of sp³-hybridized carbons (Fsp3) is 0.133. The quantitative estimate of drug-likeness (QED) is 0.614. The molecule has 0 aliphatic rings. The molecule has 0 atom stereocenters. The van der Waals surface area contributed by atoms with Crippen LogP contribution in [0, 0.1) is 10.1 Å². The van der Waals surface area contributed by atoms with Crippen LogP contribution in [-0.2, 0) is 4.79 Å². The smallest absolute Gasteiger partial charge is 0.271 e. The van der Waals surface area contributed by atoms with Crippen LogP contribution in [-0.4, -0.2) is 24.5 Å². The van der Waals surface area contributed by atoms with Crippen molar-refractivity contribution in [2.24, 2.45) is 0 Å². The number of hydrogen-bond donors (Lipinski definition) is 1. The van der Waals surface area contributed by atoms with Crippen molar-refractivity contribution in [3.8, 4) is 11.5 Å². The number of amides is 1. The van der Waals surface area contributed by atoms with Crippen LogP contribution in [0.2, 0.25) is 10.0 Å². The van der Waals surface area contributed by atoms with Crippen molar-refractivity contribution in [1.29, 1.82) is 0 Å². The molecular formula is C15H12Cl2N2O5. The van der Waals surface area contributed by atoms with Crippen LogP contribution >= 0.6 is 23.2 Å². The first-order valence-electron chi connectivity index (χ1n) is 6.61. The van der Waals surface area contributed by atoms with Crippen LogP contribution in [0.3, 0.4) is 0 Å². The lowest BCUT2D eigenvalue weighted by Gasteiger charge is -2.10. The van der Waals surface area contributed by atoms with Crippen LogP contribution in [0.5, 0.6) is 11.5 Å². The third-order valence-electron chi connectivity index (χ3n) is 2.92. The molecule has 0 unspecified atom stereocenters. The highest BCUT2D eigenvalue weighted by Crippen LogP contribution is 2.29. The molecule has 1 amide bonds. The zero-order chi connectivity index (χ0) is 17.7. The maximum absolute atomic E-state index is 11.9. The molecule has 0 aliphatic heterocycles. The topological polar surface area (TPSA) is 90.7 Å². The summed E-state index contributed by atoms with van der Waals surface area (Å²) in [6, 6.07) is 8.50. The predicted molar refractivity (Wildman–Crippen MR) is 90.2 cm³/mol. The van der Waals surface area contributed by atoms with Crippen molar-refractivity contribution in [1.82, 2.24) is 0 Å². The molecule has 0 heterocycles. The summed E-state index contributed by atoms with van der Waals surface area (Å²) < 4.78 is 10.3. The molecule has 1 N–H and O–H groups in total. The molecule has 0 aromatic heterocycles. The molecule has 0 aliphatic carbocycles. The average Bonchev–Trinajstić information content (AvgIpc) is 2.53. The number of carbonyl (C=O) groups excluding carboxylic acids is 1. The summed E-state index contributed by atoms with van der Waals surface area (Å²) in [4.78, 5) is 21.9. The maximum atomic E-state index is 11.9. The summed E-state index contributed by atoms with van der Waals surface area (Å²) >= 11 is 11.8. The Morgan fingerprint density at radius 3 is 2.42 bits per heavy atom. The standard InChI is InChI=1S/C15H12Cl2N2O5/c1-23-13-4-2-9(6-11(13)16)18-15(20)8-24-14-5-3-10(19(21)22)7-12(14)17/h2-7H,8H2,1H3,(H,18,20). The number of nitro benzene ring substituents is 1. The lowest BCUT2D eigenvalue weighted by Crippen LogP contribution is -2.20. The minimum Gasteiger partial charge on any atom is -0.495 e. The van der Waals surface area contributed by atoms with Crippen molar-refractivity contribution in [2.45, 2.75) is 0 Å². The summed E-state index contributed by atoms with van der Waals surface area (Å²) in [6.07, 6.45) is 0. The molecule has 7 nitrogen and oxygen atoms in total. The molecule has 0 saturated heterocycles. The second-order valence-corrected chi connectivity index (χ2v) is 5.37. The average molecular weight is 371 g/mol. The number of carbonyl (C=O) groups is 1. The minimum atomic E-state index is -0.574. The first-order valence-corrected chi connectivity index (χ1v) is 7.36. The molecule has 24 heavy (non-hydrogen) atoms. The minimum absolute atomic E-state index is 0.0458.